The van der Waals surface area contributed by atoms with Crippen LogP contribution in [0.3, 0.4) is 0 Å². The van der Waals surface area contributed by atoms with Crippen LogP contribution in [0.25, 0.3) is 0 Å². The van der Waals surface area contributed by atoms with Crippen LogP contribution in [0.1, 0.15) is 31.4 Å². The maximum Gasteiger partial charge on any atom is 0.274 e. The Morgan fingerprint density at radius 1 is 1.12 bits per heavy atom. The van der Waals surface area contributed by atoms with E-state index in [2.05, 4.69) is 15.5 Å². The van der Waals surface area contributed by atoms with Gasteiger partial charge in [0.25, 0.3) is 11.8 Å². The van der Waals surface area contributed by atoms with Crippen LogP contribution < -0.4 is 5.32 Å². The van der Waals surface area contributed by atoms with Crippen LogP contribution in [0.4, 0.5) is 0 Å². The van der Waals surface area contributed by atoms with Crippen molar-refractivity contribution in [3.05, 3.63) is 39.3 Å². The molecule has 2 aliphatic rings. The second-order valence-corrected chi connectivity index (χ2v) is 6.97. The summed E-state index contributed by atoms with van der Waals surface area (Å²) in [6.07, 6.45) is 0.874. The number of hydrogen-bond acceptors (Lipinski definition) is 5. The van der Waals surface area contributed by atoms with Crippen LogP contribution in [0.15, 0.2) is 17.5 Å². The third-order valence-electron chi connectivity index (χ3n) is 4.59. The Balaban J connectivity index is 0.00000182. The molecule has 7 nitrogen and oxygen atoms in total. The fourth-order valence-electron chi connectivity index (χ4n) is 3.22. The number of hydrogen-bond donors (Lipinski definition) is 2. The fourth-order valence-corrected chi connectivity index (χ4v) is 3.91. The van der Waals surface area contributed by atoms with Gasteiger partial charge in [0.2, 0.25) is 0 Å². The molecule has 0 spiro atoms. The monoisotopic (exact) mass is 381 g/mol. The Morgan fingerprint density at radius 3 is 2.52 bits per heavy atom. The molecule has 2 N–H and O–H groups in total. The molecule has 2 aromatic rings. The normalized spacial score (nSPS) is 17.0. The number of thiophene rings is 1. The lowest BCUT2D eigenvalue weighted by Gasteiger charge is -2.34. The number of aromatic amines is 1. The molecule has 1 saturated heterocycles. The fraction of sp³-hybridized carbons (Fsp3) is 0.438. The Hall–Kier alpha value is -1.90. The van der Waals surface area contributed by atoms with Gasteiger partial charge in [0.15, 0.2) is 5.69 Å². The molecule has 0 aliphatic carbocycles. The quantitative estimate of drug-likeness (QED) is 0.817. The van der Waals surface area contributed by atoms with Crippen LogP contribution in [-0.4, -0.2) is 64.5 Å². The average molecular weight is 382 g/mol. The molecule has 0 atom stereocenters. The van der Waals surface area contributed by atoms with Gasteiger partial charge >= 0.3 is 0 Å². The van der Waals surface area contributed by atoms with Gasteiger partial charge < -0.3 is 15.1 Å². The summed E-state index contributed by atoms with van der Waals surface area (Å²) >= 11 is 1.45. The number of piperazine rings is 1. The molecular weight excluding hydrogens is 362 g/mol. The smallest absolute Gasteiger partial charge is 0.274 e. The van der Waals surface area contributed by atoms with Gasteiger partial charge in [0.05, 0.1) is 4.88 Å². The minimum atomic E-state index is -0.0422. The lowest BCUT2D eigenvalue weighted by atomic mass is 10.1. The maximum atomic E-state index is 12.8. The molecule has 4 rings (SSSR count). The van der Waals surface area contributed by atoms with Crippen molar-refractivity contribution in [2.45, 2.75) is 13.0 Å². The van der Waals surface area contributed by atoms with Crippen LogP contribution >= 0.6 is 23.7 Å². The molecule has 134 valence electrons. The lowest BCUT2D eigenvalue weighted by Crippen LogP contribution is -2.50. The first-order chi connectivity index (χ1) is 11.7. The van der Waals surface area contributed by atoms with Crippen molar-refractivity contribution in [1.29, 1.82) is 0 Å². The topological polar surface area (TPSA) is 81.3 Å². The predicted molar refractivity (Wildman–Crippen MR) is 97.4 cm³/mol. The molecule has 4 heterocycles. The summed E-state index contributed by atoms with van der Waals surface area (Å²) in [7, 11) is 0. The highest BCUT2D eigenvalue weighted by Crippen LogP contribution is 2.19. The zero-order chi connectivity index (χ0) is 16.5. The van der Waals surface area contributed by atoms with E-state index in [0.717, 1.165) is 29.1 Å². The van der Waals surface area contributed by atoms with Gasteiger partial charge in [-0.25, -0.2) is 0 Å². The second-order valence-electron chi connectivity index (χ2n) is 6.02. The first kappa shape index (κ1) is 17.9. The summed E-state index contributed by atoms with van der Waals surface area (Å²) in [6, 6.07) is 3.72. The van der Waals surface area contributed by atoms with Crippen molar-refractivity contribution in [3.8, 4) is 0 Å². The Labute approximate surface area is 155 Å². The number of H-pyrrole nitrogens is 1. The van der Waals surface area contributed by atoms with E-state index in [1.54, 1.807) is 4.90 Å². The molecule has 0 bridgehead atoms. The SMILES string of the molecule is Cl.O=C(c1cccs1)N1CCN(C(=O)c2n[nH]c3c2CNCC3)CC1. The second kappa shape index (κ2) is 7.55. The van der Waals surface area contributed by atoms with Gasteiger partial charge in [0, 0.05) is 56.9 Å². The van der Waals surface area contributed by atoms with Crippen molar-refractivity contribution in [2.75, 3.05) is 32.7 Å². The summed E-state index contributed by atoms with van der Waals surface area (Å²) in [5.74, 6) is 0.0119. The number of carbonyl (C=O) groups is 2. The molecule has 1 fully saturated rings. The predicted octanol–water partition coefficient (Wildman–Crippen LogP) is 1.14. The number of aromatic nitrogens is 2. The Morgan fingerprint density at radius 2 is 1.84 bits per heavy atom. The van der Waals surface area contributed by atoms with Gasteiger partial charge in [-0.3, -0.25) is 14.7 Å². The summed E-state index contributed by atoms with van der Waals surface area (Å²) in [5, 5.41) is 12.4. The zero-order valence-electron chi connectivity index (χ0n) is 13.7. The van der Waals surface area contributed by atoms with Crippen molar-refractivity contribution in [3.63, 3.8) is 0 Å². The first-order valence-electron chi connectivity index (χ1n) is 8.13. The molecule has 0 unspecified atom stereocenters. The zero-order valence-corrected chi connectivity index (χ0v) is 15.3. The van der Waals surface area contributed by atoms with E-state index in [-0.39, 0.29) is 24.2 Å². The first-order valence-corrected chi connectivity index (χ1v) is 9.01. The van der Waals surface area contributed by atoms with E-state index in [9.17, 15) is 9.59 Å². The van der Waals surface area contributed by atoms with E-state index in [4.69, 9.17) is 0 Å². The van der Waals surface area contributed by atoms with Crippen molar-refractivity contribution >= 4 is 35.6 Å². The molecule has 2 aliphatic heterocycles. The van der Waals surface area contributed by atoms with E-state index >= 15 is 0 Å². The summed E-state index contributed by atoms with van der Waals surface area (Å²) in [5.41, 5.74) is 2.57. The number of amides is 2. The third-order valence-corrected chi connectivity index (χ3v) is 5.45. The number of nitrogens with one attached hydrogen (secondary N) is 2. The van der Waals surface area contributed by atoms with Crippen molar-refractivity contribution < 1.29 is 9.59 Å². The molecule has 2 aromatic heterocycles. The summed E-state index contributed by atoms with van der Waals surface area (Å²) in [6.45, 7) is 3.81. The third kappa shape index (κ3) is 3.42. The molecule has 0 saturated carbocycles. The Bertz CT molecular complexity index is 753. The van der Waals surface area contributed by atoms with Crippen molar-refractivity contribution in [2.24, 2.45) is 0 Å². The van der Waals surface area contributed by atoms with Gasteiger partial charge in [0.1, 0.15) is 0 Å². The van der Waals surface area contributed by atoms with Gasteiger partial charge in [-0.1, -0.05) is 6.07 Å². The highest BCUT2D eigenvalue weighted by molar-refractivity contribution is 7.12. The minimum Gasteiger partial charge on any atom is -0.334 e. The summed E-state index contributed by atoms with van der Waals surface area (Å²) in [4.78, 5) is 29.5. The minimum absolute atomic E-state index is 0. The van der Waals surface area contributed by atoms with Crippen LogP contribution in [0.2, 0.25) is 0 Å². The number of halogens is 1. The van der Waals surface area contributed by atoms with E-state index in [1.807, 2.05) is 22.4 Å². The highest BCUT2D eigenvalue weighted by Gasteiger charge is 2.29. The molecular formula is C16H20ClN5O2S. The molecule has 2 amide bonds. The number of carbonyl (C=O) groups excluding carboxylic acids is 2. The average Bonchev–Trinajstić information content (AvgIpc) is 3.30. The maximum absolute atomic E-state index is 12.8. The molecule has 9 heteroatoms. The van der Waals surface area contributed by atoms with E-state index < -0.39 is 0 Å². The number of nitrogens with zero attached hydrogens (tertiary/aromatic N) is 3. The van der Waals surface area contributed by atoms with Gasteiger partial charge in [-0.15, -0.1) is 23.7 Å². The van der Waals surface area contributed by atoms with Crippen LogP contribution in [0.5, 0.6) is 0 Å². The molecule has 25 heavy (non-hydrogen) atoms. The van der Waals surface area contributed by atoms with Gasteiger partial charge in [-0.05, 0) is 11.4 Å². The van der Waals surface area contributed by atoms with Crippen molar-refractivity contribution in [1.82, 2.24) is 25.3 Å². The summed E-state index contributed by atoms with van der Waals surface area (Å²) < 4.78 is 0. The number of rotatable bonds is 2. The van der Waals surface area contributed by atoms with E-state index in [0.29, 0.717) is 38.4 Å². The largest absolute Gasteiger partial charge is 0.334 e. The lowest BCUT2D eigenvalue weighted by molar-refractivity contribution is 0.0534. The van der Waals surface area contributed by atoms with Crippen LogP contribution in [-0.2, 0) is 13.0 Å². The van der Waals surface area contributed by atoms with Crippen LogP contribution in [0, 0.1) is 0 Å². The highest BCUT2D eigenvalue weighted by atomic mass is 35.5. The standard InChI is InChI=1S/C16H19N5O2S.ClH/c22-15(13-2-1-9-24-13)20-5-7-21(8-6-20)16(23)14-11-10-17-4-3-12(11)18-19-14;/h1-2,9,17H,3-8,10H2,(H,18,19);1H. The van der Waals surface area contributed by atoms with E-state index in [1.165, 1.54) is 11.3 Å². The number of fused-ring (bicyclic) bond motifs is 1. The van der Waals surface area contributed by atoms with Gasteiger partial charge in [-0.2, -0.15) is 5.10 Å². The Kier molecular flexibility index (Phi) is 5.41. The molecule has 0 aromatic carbocycles. The molecule has 0 radical (unpaired) electrons.